The van der Waals surface area contributed by atoms with Gasteiger partial charge in [0.05, 0.1) is 0 Å². The third-order valence-corrected chi connectivity index (χ3v) is 5.97. The maximum absolute atomic E-state index is 11.7. The summed E-state index contributed by atoms with van der Waals surface area (Å²) in [5.41, 5.74) is 4.32. The second kappa shape index (κ2) is 6.87. The summed E-state index contributed by atoms with van der Waals surface area (Å²) in [7, 11) is 0. The number of benzene rings is 2. The van der Waals surface area contributed by atoms with Crippen LogP contribution in [0.1, 0.15) is 64.2 Å². The molecule has 29 heavy (non-hydrogen) atoms. The van der Waals surface area contributed by atoms with Crippen LogP contribution in [0.5, 0.6) is 11.5 Å². The van der Waals surface area contributed by atoms with Crippen LogP contribution in [0.2, 0.25) is 0 Å². The molecule has 0 saturated carbocycles. The van der Waals surface area contributed by atoms with Gasteiger partial charge in [0.1, 0.15) is 11.5 Å². The highest BCUT2D eigenvalue weighted by Crippen LogP contribution is 2.47. The predicted octanol–water partition coefficient (Wildman–Crippen LogP) is 6.14. The van der Waals surface area contributed by atoms with E-state index >= 15 is 0 Å². The van der Waals surface area contributed by atoms with Crippen molar-refractivity contribution < 1.29 is 14.3 Å². The van der Waals surface area contributed by atoms with Gasteiger partial charge in [-0.15, -0.1) is 0 Å². The number of hydrogen-bond acceptors (Lipinski definition) is 4. The summed E-state index contributed by atoms with van der Waals surface area (Å²) in [6.45, 7) is 10.9. The molecule has 4 heteroatoms. The van der Waals surface area contributed by atoms with Gasteiger partial charge in [0.15, 0.2) is 11.6 Å². The van der Waals surface area contributed by atoms with Gasteiger partial charge in [0.2, 0.25) is 0 Å². The van der Waals surface area contributed by atoms with Crippen molar-refractivity contribution in [2.75, 3.05) is 0 Å². The van der Waals surface area contributed by atoms with Gasteiger partial charge in [-0.1, -0.05) is 45.9 Å². The summed E-state index contributed by atoms with van der Waals surface area (Å²) in [6, 6.07) is 14.1. The molecule has 1 aliphatic carbocycles. The van der Waals surface area contributed by atoms with Crippen molar-refractivity contribution in [2.24, 2.45) is 4.99 Å². The van der Waals surface area contributed by atoms with Gasteiger partial charge < -0.3 is 9.47 Å². The minimum absolute atomic E-state index is 0.148. The Labute approximate surface area is 172 Å². The number of rotatable bonds is 3. The lowest BCUT2D eigenvalue weighted by atomic mass is 9.63. The Balaban J connectivity index is 1.56. The SMILES string of the molecule is CC1=NC(=Cc2ccc(Oc3ccc4c(c3)C(C)(C)CCC4(C)C)cc2)C(=O)O1. The number of cyclic esters (lactones) is 1. The summed E-state index contributed by atoms with van der Waals surface area (Å²) >= 11 is 0. The van der Waals surface area contributed by atoms with Gasteiger partial charge in [-0.05, 0) is 70.7 Å². The quantitative estimate of drug-likeness (QED) is 0.468. The minimum Gasteiger partial charge on any atom is -0.457 e. The molecule has 2 aromatic carbocycles. The van der Waals surface area contributed by atoms with Crippen molar-refractivity contribution in [1.29, 1.82) is 0 Å². The third-order valence-electron chi connectivity index (χ3n) is 5.97. The molecule has 0 bridgehead atoms. The largest absolute Gasteiger partial charge is 0.457 e. The van der Waals surface area contributed by atoms with E-state index in [1.807, 2.05) is 24.3 Å². The molecule has 0 spiro atoms. The molecule has 0 unspecified atom stereocenters. The van der Waals surface area contributed by atoms with Crippen LogP contribution in [0, 0.1) is 0 Å². The molecule has 0 atom stereocenters. The molecule has 0 radical (unpaired) electrons. The van der Waals surface area contributed by atoms with E-state index in [0.29, 0.717) is 11.6 Å². The van der Waals surface area contributed by atoms with E-state index in [0.717, 1.165) is 17.1 Å². The molecule has 2 aliphatic rings. The van der Waals surface area contributed by atoms with Gasteiger partial charge in [-0.3, -0.25) is 0 Å². The molecule has 1 aliphatic heterocycles. The second-order valence-electron chi connectivity index (χ2n) is 9.20. The molecule has 4 nitrogen and oxygen atoms in total. The summed E-state index contributed by atoms with van der Waals surface area (Å²) in [6.07, 6.45) is 4.08. The van der Waals surface area contributed by atoms with E-state index in [2.05, 4.69) is 50.9 Å². The van der Waals surface area contributed by atoms with Crippen LogP contribution in [0.3, 0.4) is 0 Å². The first kappa shape index (κ1) is 19.4. The molecule has 4 rings (SSSR count). The van der Waals surface area contributed by atoms with Gasteiger partial charge in [-0.25, -0.2) is 9.79 Å². The molecule has 0 amide bonds. The van der Waals surface area contributed by atoms with Crippen molar-refractivity contribution in [3.05, 3.63) is 64.9 Å². The molecule has 150 valence electrons. The van der Waals surface area contributed by atoms with E-state index in [9.17, 15) is 4.79 Å². The predicted molar refractivity (Wildman–Crippen MR) is 115 cm³/mol. The number of aliphatic imine (C=N–C) groups is 1. The van der Waals surface area contributed by atoms with Crippen LogP contribution in [0.25, 0.3) is 6.08 Å². The van der Waals surface area contributed by atoms with E-state index < -0.39 is 5.97 Å². The average molecular weight is 389 g/mol. The van der Waals surface area contributed by atoms with Gasteiger partial charge >= 0.3 is 5.97 Å². The first-order chi connectivity index (χ1) is 13.6. The van der Waals surface area contributed by atoms with Crippen LogP contribution in [0.4, 0.5) is 0 Å². The summed E-state index contributed by atoms with van der Waals surface area (Å²) in [5.74, 6) is 1.57. The summed E-state index contributed by atoms with van der Waals surface area (Å²) in [4.78, 5) is 15.8. The van der Waals surface area contributed by atoms with Gasteiger partial charge in [0.25, 0.3) is 0 Å². The Morgan fingerprint density at radius 1 is 0.931 bits per heavy atom. The normalized spacial score (nSPS) is 20.8. The van der Waals surface area contributed by atoms with Gasteiger partial charge in [0, 0.05) is 6.92 Å². The Kier molecular flexibility index (Phi) is 4.60. The van der Waals surface area contributed by atoms with Crippen molar-refractivity contribution in [1.82, 2.24) is 0 Å². The maximum atomic E-state index is 11.7. The Morgan fingerprint density at radius 2 is 1.55 bits per heavy atom. The third kappa shape index (κ3) is 3.84. The average Bonchev–Trinajstić information content (AvgIpc) is 2.98. The molecule has 0 fully saturated rings. The first-order valence-corrected chi connectivity index (χ1v) is 10.1. The standard InChI is InChI=1S/C25H27NO3/c1-16-26-22(23(27)28-16)14-17-6-8-18(9-7-17)29-19-10-11-20-21(15-19)25(4,5)13-12-24(20,2)3/h6-11,14-15H,12-13H2,1-5H3. The Morgan fingerprint density at radius 3 is 2.17 bits per heavy atom. The van der Waals surface area contributed by atoms with E-state index in [1.165, 1.54) is 24.0 Å². The molecule has 1 heterocycles. The lowest BCUT2D eigenvalue weighted by Gasteiger charge is -2.41. The molecular formula is C25H27NO3. The zero-order valence-electron chi connectivity index (χ0n) is 17.7. The van der Waals surface area contributed by atoms with Crippen LogP contribution in [-0.2, 0) is 20.4 Å². The molecule has 2 aromatic rings. The number of carbonyl (C=O) groups is 1. The lowest BCUT2D eigenvalue weighted by Crippen LogP contribution is -2.33. The smallest absolute Gasteiger partial charge is 0.363 e. The van der Waals surface area contributed by atoms with Gasteiger partial charge in [-0.2, -0.15) is 0 Å². The molecule has 0 saturated heterocycles. The fourth-order valence-electron chi connectivity index (χ4n) is 4.07. The number of hydrogen-bond donors (Lipinski definition) is 0. The Bertz CT molecular complexity index is 1030. The van der Waals surface area contributed by atoms with Crippen LogP contribution >= 0.6 is 0 Å². The number of esters is 1. The van der Waals surface area contributed by atoms with Crippen LogP contribution < -0.4 is 4.74 Å². The monoisotopic (exact) mass is 389 g/mol. The van der Waals surface area contributed by atoms with Crippen molar-refractivity contribution >= 4 is 17.9 Å². The van der Waals surface area contributed by atoms with Crippen molar-refractivity contribution in [2.45, 2.75) is 58.3 Å². The van der Waals surface area contributed by atoms with Crippen LogP contribution in [-0.4, -0.2) is 11.9 Å². The summed E-state index contributed by atoms with van der Waals surface area (Å²) in [5, 5.41) is 0. The number of fused-ring (bicyclic) bond motifs is 1. The van der Waals surface area contributed by atoms with E-state index in [-0.39, 0.29) is 10.8 Å². The molecule has 0 N–H and O–H groups in total. The topological polar surface area (TPSA) is 47.9 Å². The maximum Gasteiger partial charge on any atom is 0.363 e. The first-order valence-electron chi connectivity index (χ1n) is 10.1. The number of ether oxygens (including phenoxy) is 2. The highest BCUT2D eigenvalue weighted by atomic mass is 16.6. The zero-order valence-corrected chi connectivity index (χ0v) is 17.7. The van der Waals surface area contributed by atoms with Crippen LogP contribution in [0.15, 0.2) is 53.2 Å². The highest BCUT2D eigenvalue weighted by molar-refractivity contribution is 6.06. The minimum atomic E-state index is -0.414. The highest BCUT2D eigenvalue weighted by Gasteiger charge is 2.37. The molecule has 0 aromatic heterocycles. The van der Waals surface area contributed by atoms with E-state index in [4.69, 9.17) is 9.47 Å². The Hall–Kier alpha value is -2.88. The summed E-state index contributed by atoms with van der Waals surface area (Å²) < 4.78 is 11.1. The van der Waals surface area contributed by atoms with Crippen molar-refractivity contribution in [3.63, 3.8) is 0 Å². The molecular weight excluding hydrogens is 362 g/mol. The second-order valence-corrected chi connectivity index (χ2v) is 9.20. The fourth-order valence-corrected chi connectivity index (χ4v) is 4.07. The number of nitrogens with zero attached hydrogens (tertiary/aromatic N) is 1. The van der Waals surface area contributed by atoms with Crippen molar-refractivity contribution in [3.8, 4) is 11.5 Å². The lowest BCUT2D eigenvalue weighted by molar-refractivity contribution is -0.130. The van der Waals surface area contributed by atoms with E-state index in [1.54, 1.807) is 13.0 Å². The fraction of sp³-hybridized carbons (Fsp3) is 0.360. The number of carbonyl (C=O) groups excluding carboxylic acids is 1. The zero-order chi connectivity index (χ0) is 20.8.